The van der Waals surface area contributed by atoms with Crippen LogP contribution in [-0.4, -0.2) is 67.0 Å². The van der Waals surface area contributed by atoms with Gasteiger partial charge in [0, 0.05) is 19.6 Å². The Morgan fingerprint density at radius 1 is 1.43 bits per heavy atom. The minimum Gasteiger partial charge on any atom is -0.450 e. The quantitative estimate of drug-likeness (QED) is 0.483. The molecule has 0 aromatic carbocycles. The van der Waals surface area contributed by atoms with Crippen molar-refractivity contribution >= 4 is 12.1 Å². The number of aliphatic imine (C=N–C) groups is 1. The number of ether oxygens (including phenoxy) is 1. The molecular formula is C16H32N4O3. The highest BCUT2D eigenvalue weighted by Crippen LogP contribution is 2.10. The molecule has 1 aliphatic rings. The van der Waals surface area contributed by atoms with Crippen molar-refractivity contribution in [1.29, 1.82) is 0 Å². The number of amides is 1. The van der Waals surface area contributed by atoms with Gasteiger partial charge in [-0.1, -0.05) is 13.8 Å². The molecule has 0 radical (unpaired) electrons. The van der Waals surface area contributed by atoms with Crippen molar-refractivity contribution in [1.82, 2.24) is 15.5 Å². The minimum absolute atomic E-state index is 0.0600. The summed E-state index contributed by atoms with van der Waals surface area (Å²) in [6.45, 7) is 11.1. The van der Waals surface area contributed by atoms with E-state index in [0.717, 1.165) is 31.9 Å². The van der Waals surface area contributed by atoms with E-state index < -0.39 is 6.09 Å². The van der Waals surface area contributed by atoms with Crippen molar-refractivity contribution in [2.45, 2.75) is 52.7 Å². The molecule has 0 spiro atoms. The number of carbonyl (C=O) groups is 1. The number of guanidine groups is 1. The van der Waals surface area contributed by atoms with Crippen molar-refractivity contribution in [3.63, 3.8) is 0 Å². The van der Waals surface area contributed by atoms with E-state index in [0.29, 0.717) is 25.6 Å². The Hall–Kier alpha value is -1.50. The zero-order valence-corrected chi connectivity index (χ0v) is 14.8. The van der Waals surface area contributed by atoms with Crippen LogP contribution in [-0.2, 0) is 4.74 Å². The van der Waals surface area contributed by atoms with Crippen LogP contribution >= 0.6 is 0 Å². The minimum atomic E-state index is -0.394. The molecule has 1 aliphatic heterocycles. The molecule has 1 rings (SSSR count). The Balaban J connectivity index is 2.67. The Morgan fingerprint density at radius 3 is 2.70 bits per heavy atom. The van der Waals surface area contributed by atoms with Gasteiger partial charge in [-0.25, -0.2) is 4.79 Å². The molecule has 1 unspecified atom stereocenters. The number of likely N-dealkylation sites (tertiary alicyclic amines) is 1. The van der Waals surface area contributed by atoms with Crippen LogP contribution in [0, 0.1) is 5.92 Å². The molecule has 134 valence electrons. The zero-order valence-electron chi connectivity index (χ0n) is 14.8. The maximum atomic E-state index is 11.7. The maximum absolute atomic E-state index is 11.7. The van der Waals surface area contributed by atoms with Crippen molar-refractivity contribution < 1.29 is 14.6 Å². The number of rotatable bonds is 7. The summed E-state index contributed by atoms with van der Waals surface area (Å²) in [6, 6.07) is -0.0600. The number of nitrogens with one attached hydrogen (secondary N) is 2. The van der Waals surface area contributed by atoms with Crippen molar-refractivity contribution in [3.8, 4) is 0 Å². The molecule has 1 saturated heterocycles. The van der Waals surface area contributed by atoms with Gasteiger partial charge < -0.3 is 25.4 Å². The monoisotopic (exact) mass is 328 g/mol. The second-order valence-electron chi connectivity index (χ2n) is 6.27. The third kappa shape index (κ3) is 7.54. The average molecular weight is 328 g/mol. The topological polar surface area (TPSA) is 86.2 Å². The van der Waals surface area contributed by atoms with Gasteiger partial charge in [0.05, 0.1) is 25.3 Å². The van der Waals surface area contributed by atoms with Gasteiger partial charge in [-0.15, -0.1) is 0 Å². The zero-order chi connectivity index (χ0) is 17.2. The summed E-state index contributed by atoms with van der Waals surface area (Å²) in [4.78, 5) is 18.4. The van der Waals surface area contributed by atoms with E-state index in [9.17, 15) is 9.90 Å². The van der Waals surface area contributed by atoms with E-state index in [1.54, 1.807) is 6.92 Å². The third-order valence-corrected chi connectivity index (χ3v) is 3.61. The summed E-state index contributed by atoms with van der Waals surface area (Å²) >= 11 is 0. The Bertz CT molecular complexity index is 388. The molecule has 2 atom stereocenters. The first kappa shape index (κ1) is 19.5. The van der Waals surface area contributed by atoms with Gasteiger partial charge in [-0.05, 0) is 32.6 Å². The van der Waals surface area contributed by atoms with Crippen LogP contribution in [0.5, 0.6) is 0 Å². The average Bonchev–Trinajstić information content (AvgIpc) is 2.89. The Morgan fingerprint density at radius 2 is 2.17 bits per heavy atom. The van der Waals surface area contributed by atoms with Crippen molar-refractivity contribution in [2.75, 3.05) is 32.8 Å². The van der Waals surface area contributed by atoms with E-state index in [-0.39, 0.29) is 12.1 Å². The Labute approximate surface area is 139 Å². The van der Waals surface area contributed by atoms with Gasteiger partial charge in [-0.3, -0.25) is 4.99 Å². The van der Waals surface area contributed by atoms with Crippen LogP contribution < -0.4 is 10.6 Å². The molecule has 1 amide bonds. The molecule has 0 aliphatic carbocycles. The van der Waals surface area contributed by atoms with Gasteiger partial charge in [-0.2, -0.15) is 0 Å². The van der Waals surface area contributed by atoms with Crippen LogP contribution in [0.4, 0.5) is 4.79 Å². The molecule has 7 nitrogen and oxygen atoms in total. The molecule has 0 aromatic heterocycles. The number of aliphatic hydroxyl groups is 1. The summed E-state index contributed by atoms with van der Waals surface area (Å²) in [5.74, 6) is 1.25. The van der Waals surface area contributed by atoms with Crippen LogP contribution in [0.3, 0.4) is 0 Å². The summed E-state index contributed by atoms with van der Waals surface area (Å²) in [5.41, 5.74) is 0. The summed E-state index contributed by atoms with van der Waals surface area (Å²) in [5, 5.41) is 15.8. The van der Waals surface area contributed by atoms with Gasteiger partial charge >= 0.3 is 6.09 Å². The summed E-state index contributed by atoms with van der Waals surface area (Å²) in [6.07, 6.45) is 0.920. The molecule has 0 saturated carbocycles. The van der Waals surface area contributed by atoms with Crippen LogP contribution in [0.1, 0.15) is 40.5 Å². The summed E-state index contributed by atoms with van der Waals surface area (Å²) in [7, 11) is 0. The SMILES string of the molecule is CCNC(=NCC(CC(C)C)NC(=O)OCC)N1CC[C@@H](O)C1. The van der Waals surface area contributed by atoms with Crippen LogP contribution in [0.2, 0.25) is 0 Å². The van der Waals surface area contributed by atoms with Gasteiger partial charge in [0.2, 0.25) is 0 Å². The number of β-amino-alcohol motifs (C(OH)–C–C–N with tert-alkyl or cyclic N) is 1. The maximum Gasteiger partial charge on any atom is 0.407 e. The van der Waals surface area contributed by atoms with Gasteiger partial charge in [0.25, 0.3) is 0 Å². The second kappa shape index (κ2) is 10.3. The molecule has 0 bridgehead atoms. The number of hydrogen-bond acceptors (Lipinski definition) is 4. The third-order valence-electron chi connectivity index (χ3n) is 3.61. The fraction of sp³-hybridized carbons (Fsp3) is 0.875. The van der Waals surface area contributed by atoms with E-state index in [1.807, 2.05) is 6.92 Å². The van der Waals surface area contributed by atoms with Crippen molar-refractivity contribution in [2.24, 2.45) is 10.9 Å². The predicted molar refractivity (Wildman–Crippen MR) is 91.6 cm³/mol. The van der Waals surface area contributed by atoms with E-state index >= 15 is 0 Å². The van der Waals surface area contributed by atoms with E-state index in [1.165, 1.54) is 0 Å². The molecule has 3 N–H and O–H groups in total. The van der Waals surface area contributed by atoms with E-state index in [4.69, 9.17) is 4.74 Å². The molecule has 1 heterocycles. The lowest BCUT2D eigenvalue weighted by Crippen LogP contribution is -2.43. The fourth-order valence-corrected chi connectivity index (χ4v) is 2.64. The smallest absolute Gasteiger partial charge is 0.407 e. The highest BCUT2D eigenvalue weighted by molar-refractivity contribution is 5.80. The first-order valence-electron chi connectivity index (χ1n) is 8.60. The lowest BCUT2D eigenvalue weighted by molar-refractivity contribution is 0.147. The number of nitrogens with zero attached hydrogens (tertiary/aromatic N) is 2. The normalized spacial score (nSPS) is 19.8. The fourth-order valence-electron chi connectivity index (χ4n) is 2.64. The number of aliphatic hydroxyl groups excluding tert-OH is 1. The Kier molecular flexibility index (Phi) is 8.76. The van der Waals surface area contributed by atoms with Crippen molar-refractivity contribution in [3.05, 3.63) is 0 Å². The summed E-state index contributed by atoms with van der Waals surface area (Å²) < 4.78 is 4.96. The first-order valence-corrected chi connectivity index (χ1v) is 8.60. The first-order chi connectivity index (χ1) is 11.0. The predicted octanol–water partition coefficient (Wildman–Crippen LogP) is 1.18. The van der Waals surface area contributed by atoms with Gasteiger partial charge in [0.15, 0.2) is 5.96 Å². The number of carbonyl (C=O) groups excluding carboxylic acids is 1. The number of alkyl carbamates (subject to hydrolysis) is 1. The van der Waals surface area contributed by atoms with Gasteiger partial charge in [0.1, 0.15) is 0 Å². The molecule has 0 aromatic rings. The van der Waals surface area contributed by atoms with Crippen LogP contribution in [0.25, 0.3) is 0 Å². The largest absolute Gasteiger partial charge is 0.450 e. The standard InChI is InChI=1S/C16H32N4O3/c1-5-17-15(20-8-7-14(21)11-20)18-10-13(9-12(3)4)19-16(22)23-6-2/h12-14,21H,5-11H2,1-4H3,(H,17,18)(H,19,22)/t13?,14-/m1/s1. The lowest BCUT2D eigenvalue weighted by Gasteiger charge is -2.23. The molecular weight excluding hydrogens is 296 g/mol. The molecule has 23 heavy (non-hydrogen) atoms. The van der Waals surface area contributed by atoms with Crippen LogP contribution in [0.15, 0.2) is 4.99 Å². The molecule has 1 fully saturated rings. The highest BCUT2D eigenvalue weighted by Gasteiger charge is 2.23. The highest BCUT2D eigenvalue weighted by atomic mass is 16.5. The molecule has 7 heteroatoms. The lowest BCUT2D eigenvalue weighted by atomic mass is 10.0. The van der Waals surface area contributed by atoms with E-state index in [2.05, 4.69) is 34.4 Å². The number of hydrogen-bond donors (Lipinski definition) is 3. The second-order valence-corrected chi connectivity index (χ2v) is 6.27.